The largest absolute Gasteiger partial charge is 0.405 e. The van der Waals surface area contributed by atoms with Crippen molar-refractivity contribution in [3.05, 3.63) is 5.01 Å². The number of halogens is 3. The van der Waals surface area contributed by atoms with Gasteiger partial charge in [-0.1, -0.05) is 11.3 Å². The maximum absolute atomic E-state index is 11.7. The first-order valence-corrected chi connectivity index (χ1v) is 4.60. The molecule has 0 saturated heterocycles. The smallest absolute Gasteiger partial charge is 0.363 e. The quantitative estimate of drug-likeness (QED) is 0.822. The molecule has 0 aromatic carbocycles. The summed E-state index contributed by atoms with van der Waals surface area (Å²) in [5, 5.41) is 11.5. The normalized spacial score (nSPS) is 11.2. The molecule has 0 aliphatic heterocycles. The number of carbonyl (C=O) groups is 1. The third kappa shape index (κ3) is 3.70. The predicted molar refractivity (Wildman–Crippen MR) is 47.8 cm³/mol. The van der Waals surface area contributed by atoms with Crippen LogP contribution in [-0.2, 0) is 0 Å². The van der Waals surface area contributed by atoms with E-state index in [9.17, 15) is 18.0 Å². The number of nitrogens with one attached hydrogen (secondary N) is 2. The summed E-state index contributed by atoms with van der Waals surface area (Å²) < 4.78 is 35.2. The predicted octanol–water partition coefficient (Wildman–Crippen LogP) is 0.872. The molecule has 1 aromatic rings. The van der Waals surface area contributed by atoms with Gasteiger partial charge in [-0.2, -0.15) is 13.2 Å². The fourth-order valence-electron chi connectivity index (χ4n) is 0.672. The first-order chi connectivity index (χ1) is 6.92. The van der Waals surface area contributed by atoms with Crippen LogP contribution in [0.3, 0.4) is 0 Å². The third-order valence-corrected chi connectivity index (χ3v) is 2.22. The molecule has 9 heteroatoms. The summed E-state index contributed by atoms with van der Waals surface area (Å²) in [5.41, 5.74) is 0. The molecular weight excluding hydrogens is 233 g/mol. The Kier molecular flexibility index (Phi) is 3.45. The van der Waals surface area contributed by atoms with E-state index >= 15 is 0 Å². The zero-order valence-corrected chi connectivity index (χ0v) is 8.37. The molecule has 0 atom stereocenters. The Bertz CT molecular complexity index is 350. The monoisotopic (exact) mass is 240 g/mol. The number of anilines is 1. The van der Waals surface area contributed by atoms with Crippen LogP contribution in [0.2, 0.25) is 0 Å². The van der Waals surface area contributed by atoms with Crippen LogP contribution >= 0.6 is 11.3 Å². The summed E-state index contributed by atoms with van der Waals surface area (Å²) in [6, 6.07) is 0. The number of alkyl halides is 3. The van der Waals surface area contributed by atoms with Crippen LogP contribution in [0.25, 0.3) is 0 Å². The molecule has 2 N–H and O–H groups in total. The molecule has 0 fully saturated rings. The van der Waals surface area contributed by atoms with Crippen molar-refractivity contribution in [3.63, 3.8) is 0 Å². The molecule has 0 saturated carbocycles. The van der Waals surface area contributed by atoms with Gasteiger partial charge in [0.05, 0.1) is 0 Å². The van der Waals surface area contributed by atoms with Gasteiger partial charge in [0.1, 0.15) is 6.54 Å². The van der Waals surface area contributed by atoms with Gasteiger partial charge >= 0.3 is 6.18 Å². The Hall–Kier alpha value is -1.38. The summed E-state index contributed by atoms with van der Waals surface area (Å²) in [6.45, 7) is -1.37. The number of hydrogen-bond donors (Lipinski definition) is 2. The van der Waals surface area contributed by atoms with Crippen LogP contribution in [0.5, 0.6) is 0 Å². The Morgan fingerprint density at radius 2 is 2.13 bits per heavy atom. The van der Waals surface area contributed by atoms with Crippen molar-refractivity contribution < 1.29 is 18.0 Å². The first-order valence-electron chi connectivity index (χ1n) is 3.78. The second-order valence-corrected chi connectivity index (χ2v) is 3.44. The minimum atomic E-state index is -4.42. The van der Waals surface area contributed by atoms with E-state index in [2.05, 4.69) is 15.5 Å². The van der Waals surface area contributed by atoms with E-state index in [4.69, 9.17) is 0 Å². The minimum Gasteiger partial charge on any atom is -0.363 e. The molecule has 1 amide bonds. The van der Waals surface area contributed by atoms with Gasteiger partial charge in [0, 0.05) is 7.05 Å². The average molecular weight is 240 g/mol. The molecule has 0 bridgehead atoms. The van der Waals surface area contributed by atoms with Gasteiger partial charge < -0.3 is 10.6 Å². The maximum Gasteiger partial charge on any atom is 0.405 e. The van der Waals surface area contributed by atoms with Gasteiger partial charge in [-0.05, 0) is 0 Å². The molecule has 0 unspecified atom stereocenters. The van der Waals surface area contributed by atoms with Crippen LogP contribution < -0.4 is 10.6 Å². The standard InChI is InChI=1S/C6H7F3N4OS/c1-10-5-13-12-4(15-5)3(14)11-2-6(7,8)9/h2H2,1H3,(H,10,13)(H,11,14). The minimum absolute atomic E-state index is 0.108. The van der Waals surface area contributed by atoms with Gasteiger partial charge in [0.25, 0.3) is 5.91 Å². The summed E-state index contributed by atoms with van der Waals surface area (Å²) in [4.78, 5) is 11.1. The molecule has 84 valence electrons. The van der Waals surface area contributed by atoms with E-state index in [0.717, 1.165) is 11.3 Å². The Morgan fingerprint density at radius 1 is 1.47 bits per heavy atom. The molecule has 1 rings (SSSR count). The average Bonchev–Trinajstić information content (AvgIpc) is 2.61. The fourth-order valence-corrected chi connectivity index (χ4v) is 1.29. The Balaban J connectivity index is 2.54. The lowest BCUT2D eigenvalue weighted by Crippen LogP contribution is -2.33. The summed E-state index contributed by atoms with van der Waals surface area (Å²) in [5.74, 6) is -0.883. The third-order valence-electron chi connectivity index (χ3n) is 1.28. The zero-order valence-electron chi connectivity index (χ0n) is 7.55. The van der Waals surface area contributed by atoms with Gasteiger partial charge in [0.15, 0.2) is 0 Å². The molecule has 0 aliphatic carbocycles. The molecule has 0 radical (unpaired) electrons. The van der Waals surface area contributed by atoms with Gasteiger partial charge in [0.2, 0.25) is 10.1 Å². The van der Waals surface area contributed by atoms with Crippen LogP contribution in [0.15, 0.2) is 0 Å². The van der Waals surface area contributed by atoms with E-state index < -0.39 is 18.6 Å². The summed E-state index contributed by atoms with van der Waals surface area (Å²) in [6.07, 6.45) is -4.42. The summed E-state index contributed by atoms with van der Waals surface area (Å²) >= 11 is 0.879. The van der Waals surface area contributed by atoms with Crippen molar-refractivity contribution in [2.24, 2.45) is 0 Å². The lowest BCUT2D eigenvalue weighted by atomic mass is 10.5. The molecule has 0 spiro atoms. The number of rotatable bonds is 3. The maximum atomic E-state index is 11.7. The highest BCUT2D eigenvalue weighted by Gasteiger charge is 2.28. The molecular formula is C6H7F3N4OS. The summed E-state index contributed by atoms with van der Waals surface area (Å²) in [7, 11) is 1.57. The fraction of sp³-hybridized carbons (Fsp3) is 0.500. The van der Waals surface area contributed by atoms with E-state index in [-0.39, 0.29) is 5.01 Å². The Morgan fingerprint density at radius 3 is 2.60 bits per heavy atom. The van der Waals surface area contributed by atoms with Crippen LogP contribution in [0, 0.1) is 0 Å². The van der Waals surface area contributed by atoms with E-state index in [0.29, 0.717) is 5.13 Å². The van der Waals surface area contributed by atoms with Crippen molar-refractivity contribution in [1.29, 1.82) is 0 Å². The number of amides is 1. The van der Waals surface area contributed by atoms with E-state index in [1.54, 1.807) is 12.4 Å². The van der Waals surface area contributed by atoms with E-state index in [1.165, 1.54) is 0 Å². The van der Waals surface area contributed by atoms with E-state index in [1.807, 2.05) is 0 Å². The molecule has 5 nitrogen and oxygen atoms in total. The second-order valence-electron chi connectivity index (χ2n) is 2.46. The van der Waals surface area contributed by atoms with Gasteiger partial charge in [-0.3, -0.25) is 4.79 Å². The van der Waals surface area contributed by atoms with Crippen molar-refractivity contribution in [1.82, 2.24) is 15.5 Å². The van der Waals surface area contributed by atoms with Crippen molar-refractivity contribution >= 4 is 22.4 Å². The molecule has 1 aromatic heterocycles. The topological polar surface area (TPSA) is 66.9 Å². The van der Waals surface area contributed by atoms with Crippen molar-refractivity contribution in [2.75, 3.05) is 18.9 Å². The highest BCUT2D eigenvalue weighted by molar-refractivity contribution is 7.17. The molecule has 0 aliphatic rings. The number of hydrogen-bond acceptors (Lipinski definition) is 5. The van der Waals surface area contributed by atoms with Gasteiger partial charge in [-0.15, -0.1) is 10.2 Å². The lowest BCUT2D eigenvalue weighted by molar-refractivity contribution is -0.123. The van der Waals surface area contributed by atoms with Crippen LogP contribution in [0.1, 0.15) is 9.80 Å². The lowest BCUT2D eigenvalue weighted by Gasteiger charge is -2.05. The highest BCUT2D eigenvalue weighted by atomic mass is 32.1. The SMILES string of the molecule is CNc1nnc(C(=O)NCC(F)(F)F)s1. The highest BCUT2D eigenvalue weighted by Crippen LogP contribution is 2.15. The molecule has 15 heavy (non-hydrogen) atoms. The Labute approximate surface area is 86.7 Å². The first kappa shape index (κ1) is 11.7. The number of carbonyl (C=O) groups excluding carboxylic acids is 1. The van der Waals surface area contributed by atoms with Crippen LogP contribution in [-0.4, -0.2) is 35.9 Å². The second kappa shape index (κ2) is 4.43. The molecule has 1 heterocycles. The van der Waals surface area contributed by atoms with Crippen molar-refractivity contribution in [3.8, 4) is 0 Å². The van der Waals surface area contributed by atoms with Crippen molar-refractivity contribution in [2.45, 2.75) is 6.18 Å². The number of nitrogens with zero attached hydrogens (tertiary/aromatic N) is 2. The van der Waals surface area contributed by atoms with Gasteiger partial charge in [-0.25, -0.2) is 0 Å². The van der Waals surface area contributed by atoms with Crippen LogP contribution in [0.4, 0.5) is 18.3 Å². The zero-order chi connectivity index (χ0) is 11.5. The number of aromatic nitrogens is 2.